The van der Waals surface area contributed by atoms with E-state index in [2.05, 4.69) is 24.9 Å². The molecule has 0 amide bonds. The van der Waals surface area contributed by atoms with Crippen LogP contribution in [0.3, 0.4) is 0 Å². The SMILES string of the molecule is CC(C)N1CCCC(c2cn3cc(O)ccc3n2)C1. The predicted octanol–water partition coefficient (Wildman–Crippen LogP) is 2.63. The fourth-order valence-corrected chi connectivity index (χ4v) is 2.91. The second-order valence-electron chi connectivity index (χ2n) is 5.75. The summed E-state index contributed by atoms with van der Waals surface area (Å²) in [6.45, 7) is 6.80. The molecule has 0 radical (unpaired) electrons. The van der Waals surface area contributed by atoms with E-state index in [1.165, 1.54) is 19.4 Å². The van der Waals surface area contributed by atoms with Gasteiger partial charge >= 0.3 is 0 Å². The summed E-state index contributed by atoms with van der Waals surface area (Å²) in [5, 5.41) is 9.51. The Morgan fingerprint density at radius 3 is 2.95 bits per heavy atom. The lowest BCUT2D eigenvalue weighted by atomic mass is 9.94. The Bertz CT molecular complexity index is 576. The van der Waals surface area contributed by atoms with Gasteiger partial charge in [0.15, 0.2) is 0 Å². The number of likely N-dealkylation sites (tertiary alicyclic amines) is 1. The molecule has 2 aromatic heterocycles. The van der Waals surface area contributed by atoms with Crippen LogP contribution in [-0.2, 0) is 0 Å². The number of pyridine rings is 1. The minimum absolute atomic E-state index is 0.281. The molecule has 0 spiro atoms. The van der Waals surface area contributed by atoms with Crippen molar-refractivity contribution in [1.82, 2.24) is 14.3 Å². The van der Waals surface area contributed by atoms with Crippen molar-refractivity contribution in [2.45, 2.75) is 38.6 Å². The largest absolute Gasteiger partial charge is 0.506 e. The van der Waals surface area contributed by atoms with Crippen molar-refractivity contribution in [3.05, 3.63) is 30.2 Å². The normalized spacial score (nSPS) is 21.3. The minimum atomic E-state index is 0.281. The molecule has 4 heteroatoms. The molecule has 3 heterocycles. The number of hydrogen-bond acceptors (Lipinski definition) is 3. The number of aromatic nitrogens is 2. The maximum atomic E-state index is 9.51. The molecular weight excluding hydrogens is 238 g/mol. The van der Waals surface area contributed by atoms with E-state index in [0.717, 1.165) is 17.9 Å². The number of aromatic hydroxyl groups is 1. The molecule has 0 aromatic carbocycles. The predicted molar refractivity (Wildman–Crippen MR) is 75.5 cm³/mol. The van der Waals surface area contributed by atoms with Gasteiger partial charge < -0.3 is 14.4 Å². The van der Waals surface area contributed by atoms with E-state index < -0.39 is 0 Å². The molecule has 1 fully saturated rings. The van der Waals surface area contributed by atoms with Crippen molar-refractivity contribution in [1.29, 1.82) is 0 Å². The Balaban J connectivity index is 1.87. The van der Waals surface area contributed by atoms with Crippen LogP contribution >= 0.6 is 0 Å². The fourth-order valence-electron chi connectivity index (χ4n) is 2.91. The van der Waals surface area contributed by atoms with Crippen LogP contribution in [0, 0.1) is 0 Å². The molecule has 4 nitrogen and oxygen atoms in total. The van der Waals surface area contributed by atoms with Crippen LogP contribution in [0.4, 0.5) is 0 Å². The third kappa shape index (κ3) is 2.45. The molecule has 1 saturated heterocycles. The van der Waals surface area contributed by atoms with Crippen molar-refractivity contribution in [2.75, 3.05) is 13.1 Å². The van der Waals surface area contributed by atoms with Crippen molar-refractivity contribution in [3.63, 3.8) is 0 Å². The summed E-state index contributed by atoms with van der Waals surface area (Å²) in [6.07, 6.45) is 6.22. The maximum absolute atomic E-state index is 9.51. The highest BCUT2D eigenvalue weighted by Gasteiger charge is 2.24. The summed E-state index contributed by atoms with van der Waals surface area (Å²) < 4.78 is 1.92. The highest BCUT2D eigenvalue weighted by atomic mass is 16.3. The summed E-state index contributed by atoms with van der Waals surface area (Å²) >= 11 is 0. The molecule has 0 aliphatic carbocycles. The van der Waals surface area contributed by atoms with Crippen LogP contribution in [0.5, 0.6) is 5.75 Å². The monoisotopic (exact) mass is 259 g/mol. The molecule has 1 atom stereocenters. The number of nitrogens with zero attached hydrogens (tertiary/aromatic N) is 3. The van der Waals surface area contributed by atoms with Gasteiger partial charge in [-0.2, -0.15) is 0 Å². The van der Waals surface area contributed by atoms with Gasteiger partial charge in [0.1, 0.15) is 11.4 Å². The summed E-state index contributed by atoms with van der Waals surface area (Å²) in [5.41, 5.74) is 2.06. The third-order valence-corrected chi connectivity index (χ3v) is 4.06. The summed E-state index contributed by atoms with van der Waals surface area (Å²) in [6, 6.07) is 4.15. The van der Waals surface area contributed by atoms with E-state index in [1.807, 2.05) is 10.5 Å². The number of fused-ring (bicyclic) bond motifs is 1. The molecule has 19 heavy (non-hydrogen) atoms. The van der Waals surface area contributed by atoms with E-state index >= 15 is 0 Å². The van der Waals surface area contributed by atoms with Crippen molar-refractivity contribution in [2.24, 2.45) is 0 Å². The zero-order chi connectivity index (χ0) is 13.4. The molecule has 1 unspecified atom stereocenters. The van der Waals surface area contributed by atoms with Crippen molar-refractivity contribution in [3.8, 4) is 5.75 Å². The van der Waals surface area contributed by atoms with E-state index in [1.54, 1.807) is 12.3 Å². The molecule has 3 rings (SSSR count). The molecule has 102 valence electrons. The lowest BCUT2D eigenvalue weighted by molar-refractivity contribution is 0.166. The first-order valence-electron chi connectivity index (χ1n) is 7.05. The second kappa shape index (κ2) is 4.85. The average Bonchev–Trinajstić information content (AvgIpc) is 2.81. The van der Waals surface area contributed by atoms with Crippen LogP contribution in [-0.4, -0.2) is 38.5 Å². The minimum Gasteiger partial charge on any atom is -0.506 e. The number of hydrogen-bond donors (Lipinski definition) is 1. The molecule has 1 aliphatic heterocycles. The van der Waals surface area contributed by atoms with Gasteiger partial charge in [0.25, 0.3) is 0 Å². The fraction of sp³-hybridized carbons (Fsp3) is 0.533. The zero-order valence-electron chi connectivity index (χ0n) is 11.6. The summed E-state index contributed by atoms with van der Waals surface area (Å²) in [5.74, 6) is 0.794. The van der Waals surface area contributed by atoms with Gasteiger partial charge in [-0.1, -0.05) is 0 Å². The Morgan fingerprint density at radius 2 is 2.16 bits per heavy atom. The van der Waals surface area contributed by atoms with E-state index in [4.69, 9.17) is 4.98 Å². The third-order valence-electron chi connectivity index (χ3n) is 4.06. The lowest BCUT2D eigenvalue weighted by Crippen LogP contribution is -2.39. The highest BCUT2D eigenvalue weighted by molar-refractivity contribution is 5.43. The molecule has 1 N–H and O–H groups in total. The lowest BCUT2D eigenvalue weighted by Gasteiger charge is -2.34. The van der Waals surface area contributed by atoms with Crippen LogP contribution in [0.2, 0.25) is 0 Å². The summed E-state index contributed by atoms with van der Waals surface area (Å²) in [7, 11) is 0. The quantitative estimate of drug-likeness (QED) is 0.901. The second-order valence-corrected chi connectivity index (χ2v) is 5.75. The van der Waals surface area contributed by atoms with Gasteiger partial charge in [0, 0.05) is 24.7 Å². The topological polar surface area (TPSA) is 40.8 Å². The van der Waals surface area contributed by atoms with Gasteiger partial charge in [-0.3, -0.25) is 0 Å². The first-order valence-corrected chi connectivity index (χ1v) is 7.05. The van der Waals surface area contributed by atoms with Crippen LogP contribution in [0.25, 0.3) is 5.65 Å². The van der Waals surface area contributed by atoms with Crippen LogP contribution in [0.15, 0.2) is 24.5 Å². The Kier molecular flexibility index (Phi) is 3.19. The Labute approximate surface area is 113 Å². The van der Waals surface area contributed by atoms with Crippen molar-refractivity contribution >= 4 is 5.65 Å². The number of imidazole rings is 1. The number of rotatable bonds is 2. The standard InChI is InChI=1S/C15H21N3O/c1-11(2)17-7-3-4-12(8-17)14-10-18-9-13(19)5-6-15(18)16-14/h5-6,9-12,19H,3-4,7-8H2,1-2H3. The summed E-state index contributed by atoms with van der Waals surface area (Å²) in [4.78, 5) is 7.22. The number of piperidine rings is 1. The Hall–Kier alpha value is -1.55. The highest BCUT2D eigenvalue weighted by Crippen LogP contribution is 2.27. The van der Waals surface area contributed by atoms with Gasteiger partial charge in [0.2, 0.25) is 0 Å². The smallest absolute Gasteiger partial charge is 0.137 e. The van der Waals surface area contributed by atoms with Gasteiger partial charge in [0.05, 0.1) is 11.9 Å². The van der Waals surface area contributed by atoms with E-state index in [0.29, 0.717) is 12.0 Å². The molecule has 1 aliphatic rings. The van der Waals surface area contributed by atoms with Crippen LogP contribution in [0.1, 0.15) is 38.3 Å². The Morgan fingerprint density at radius 1 is 1.32 bits per heavy atom. The van der Waals surface area contributed by atoms with E-state index in [-0.39, 0.29) is 5.75 Å². The maximum Gasteiger partial charge on any atom is 0.137 e. The van der Waals surface area contributed by atoms with Crippen LogP contribution < -0.4 is 0 Å². The molecule has 0 bridgehead atoms. The van der Waals surface area contributed by atoms with Gasteiger partial charge in [-0.25, -0.2) is 4.98 Å². The van der Waals surface area contributed by atoms with Gasteiger partial charge in [-0.05, 0) is 45.4 Å². The molecule has 2 aromatic rings. The van der Waals surface area contributed by atoms with Crippen molar-refractivity contribution < 1.29 is 5.11 Å². The van der Waals surface area contributed by atoms with Gasteiger partial charge in [-0.15, -0.1) is 0 Å². The molecule has 0 saturated carbocycles. The first-order chi connectivity index (χ1) is 9.13. The molecular formula is C15H21N3O. The zero-order valence-corrected chi connectivity index (χ0v) is 11.6. The van der Waals surface area contributed by atoms with E-state index in [9.17, 15) is 5.11 Å². The first kappa shape index (κ1) is 12.5. The average molecular weight is 259 g/mol.